The monoisotopic (exact) mass is 288 g/mol. The van der Waals surface area contributed by atoms with E-state index >= 15 is 0 Å². The third kappa shape index (κ3) is 3.16. The number of nitrogens with two attached hydrogens (primary N) is 1. The van der Waals surface area contributed by atoms with E-state index in [1.165, 1.54) is 0 Å². The molecule has 5 heteroatoms. The van der Waals surface area contributed by atoms with E-state index in [1.807, 2.05) is 4.90 Å². The van der Waals surface area contributed by atoms with Crippen LogP contribution in [0.15, 0.2) is 24.3 Å². The number of likely N-dealkylation sites (tertiary alicyclic amines) is 1. The first-order chi connectivity index (χ1) is 8.04. The molecule has 1 aliphatic rings. The van der Waals surface area contributed by atoms with Crippen molar-refractivity contribution in [2.75, 3.05) is 19.6 Å². The molecule has 18 heavy (non-hydrogen) atoms. The van der Waals surface area contributed by atoms with E-state index in [0.717, 1.165) is 19.5 Å². The zero-order valence-corrected chi connectivity index (χ0v) is 11.9. The molecule has 1 aliphatic heterocycles. The van der Waals surface area contributed by atoms with Crippen molar-refractivity contribution < 1.29 is 4.79 Å². The number of hydrogen-bond acceptors (Lipinski definition) is 2. The third-order valence-electron chi connectivity index (χ3n) is 3.43. The lowest BCUT2D eigenvalue weighted by atomic mass is 9.90. The van der Waals surface area contributed by atoms with Gasteiger partial charge in [-0.05, 0) is 42.6 Å². The Bertz CT molecular complexity index is 422. The first-order valence-electron chi connectivity index (χ1n) is 5.79. The van der Waals surface area contributed by atoms with Gasteiger partial charge in [-0.2, -0.15) is 0 Å². The van der Waals surface area contributed by atoms with Crippen molar-refractivity contribution in [3.63, 3.8) is 0 Å². The molecule has 1 amide bonds. The zero-order valence-electron chi connectivity index (χ0n) is 10.4. The van der Waals surface area contributed by atoms with E-state index in [-0.39, 0.29) is 23.7 Å². The molecule has 1 unspecified atom stereocenters. The van der Waals surface area contributed by atoms with E-state index in [9.17, 15) is 4.79 Å². The number of hydrogen-bond donors (Lipinski definition) is 1. The van der Waals surface area contributed by atoms with Crippen molar-refractivity contribution in [3.8, 4) is 0 Å². The van der Waals surface area contributed by atoms with E-state index in [2.05, 4.69) is 6.92 Å². The van der Waals surface area contributed by atoms with Crippen LogP contribution in [0.25, 0.3) is 0 Å². The molecule has 100 valence electrons. The van der Waals surface area contributed by atoms with E-state index < -0.39 is 0 Å². The molecule has 1 fully saturated rings. The molecular formula is C13H18Cl2N2O. The van der Waals surface area contributed by atoms with Crippen LogP contribution in [0.2, 0.25) is 5.02 Å². The second kappa shape index (κ2) is 5.91. The van der Waals surface area contributed by atoms with Crippen LogP contribution in [0, 0.1) is 5.41 Å². The van der Waals surface area contributed by atoms with Gasteiger partial charge < -0.3 is 10.6 Å². The van der Waals surface area contributed by atoms with Gasteiger partial charge in [0.25, 0.3) is 5.91 Å². The number of amides is 1. The maximum atomic E-state index is 12.2. The van der Waals surface area contributed by atoms with Gasteiger partial charge >= 0.3 is 0 Å². The van der Waals surface area contributed by atoms with Crippen molar-refractivity contribution in [3.05, 3.63) is 34.9 Å². The number of halogens is 2. The summed E-state index contributed by atoms with van der Waals surface area (Å²) in [5, 5.41) is 0.648. The Labute approximate surface area is 119 Å². The minimum atomic E-state index is 0. The maximum Gasteiger partial charge on any atom is 0.253 e. The normalized spacial score (nSPS) is 22.7. The summed E-state index contributed by atoms with van der Waals surface area (Å²) in [6, 6.07) is 7.02. The Morgan fingerprint density at radius 2 is 2.06 bits per heavy atom. The molecule has 0 aliphatic carbocycles. The van der Waals surface area contributed by atoms with Crippen LogP contribution in [0.3, 0.4) is 0 Å². The van der Waals surface area contributed by atoms with Crippen LogP contribution < -0.4 is 5.73 Å². The molecule has 2 N–H and O–H groups in total. The topological polar surface area (TPSA) is 46.3 Å². The molecule has 0 aromatic heterocycles. The molecule has 3 nitrogen and oxygen atoms in total. The summed E-state index contributed by atoms with van der Waals surface area (Å²) in [7, 11) is 0. The molecule has 0 spiro atoms. The summed E-state index contributed by atoms with van der Waals surface area (Å²) in [4.78, 5) is 14.1. The average Bonchev–Trinajstić information content (AvgIpc) is 2.73. The highest BCUT2D eigenvalue weighted by Crippen LogP contribution is 2.29. The molecule has 0 saturated carbocycles. The highest BCUT2D eigenvalue weighted by molar-refractivity contribution is 6.30. The van der Waals surface area contributed by atoms with Gasteiger partial charge in [0.2, 0.25) is 0 Å². The van der Waals surface area contributed by atoms with Gasteiger partial charge in [-0.1, -0.05) is 18.5 Å². The number of nitrogens with zero attached hydrogens (tertiary/aromatic N) is 1. The molecule has 0 radical (unpaired) electrons. The van der Waals surface area contributed by atoms with Gasteiger partial charge in [0.1, 0.15) is 0 Å². The quantitative estimate of drug-likeness (QED) is 0.909. The second-order valence-electron chi connectivity index (χ2n) is 5.00. The van der Waals surface area contributed by atoms with Crippen molar-refractivity contribution in [1.29, 1.82) is 0 Å². The smallest absolute Gasteiger partial charge is 0.253 e. The first kappa shape index (κ1) is 15.3. The molecule has 1 heterocycles. The van der Waals surface area contributed by atoms with Crippen molar-refractivity contribution in [2.24, 2.45) is 11.1 Å². The van der Waals surface area contributed by atoms with Crippen molar-refractivity contribution >= 4 is 29.9 Å². The van der Waals surface area contributed by atoms with Crippen LogP contribution in [-0.2, 0) is 0 Å². The fourth-order valence-corrected chi connectivity index (χ4v) is 2.26. The largest absolute Gasteiger partial charge is 0.338 e. The summed E-state index contributed by atoms with van der Waals surface area (Å²) in [5.41, 5.74) is 6.50. The van der Waals surface area contributed by atoms with Crippen LogP contribution in [0.1, 0.15) is 23.7 Å². The van der Waals surface area contributed by atoms with Crippen LogP contribution >= 0.6 is 24.0 Å². The van der Waals surface area contributed by atoms with E-state index in [0.29, 0.717) is 17.1 Å². The van der Waals surface area contributed by atoms with Gasteiger partial charge in [0, 0.05) is 23.7 Å². The van der Waals surface area contributed by atoms with Crippen molar-refractivity contribution in [1.82, 2.24) is 4.90 Å². The first-order valence-corrected chi connectivity index (χ1v) is 6.17. The Balaban J connectivity index is 0.00000162. The minimum absolute atomic E-state index is 0. The average molecular weight is 289 g/mol. The molecule has 1 saturated heterocycles. The summed E-state index contributed by atoms with van der Waals surface area (Å²) >= 11 is 5.80. The minimum Gasteiger partial charge on any atom is -0.338 e. The molecule has 1 aromatic rings. The van der Waals surface area contributed by atoms with Crippen LogP contribution in [0.5, 0.6) is 0 Å². The highest BCUT2D eigenvalue weighted by Gasteiger charge is 2.35. The number of carbonyl (C=O) groups excluding carboxylic acids is 1. The fourth-order valence-electron chi connectivity index (χ4n) is 2.14. The lowest BCUT2D eigenvalue weighted by molar-refractivity contribution is 0.0777. The number of benzene rings is 1. The zero-order chi connectivity index (χ0) is 12.5. The molecule has 1 atom stereocenters. The second-order valence-corrected chi connectivity index (χ2v) is 5.43. The Hall–Kier alpha value is -0.770. The standard InChI is InChI=1S/C13H17ClN2O.ClH/c1-13(8-15)6-7-16(9-13)12(17)10-2-4-11(14)5-3-10;/h2-5H,6-9,15H2,1H3;1H. The van der Waals surface area contributed by atoms with Gasteiger partial charge in [-0.3, -0.25) is 4.79 Å². The van der Waals surface area contributed by atoms with Crippen molar-refractivity contribution in [2.45, 2.75) is 13.3 Å². The third-order valence-corrected chi connectivity index (χ3v) is 3.68. The Morgan fingerprint density at radius 1 is 1.44 bits per heavy atom. The highest BCUT2D eigenvalue weighted by atomic mass is 35.5. The van der Waals surface area contributed by atoms with Gasteiger partial charge in [-0.25, -0.2) is 0 Å². The Kier molecular flexibility index (Phi) is 5.02. The SMILES string of the molecule is CC1(CN)CCN(C(=O)c2ccc(Cl)cc2)C1.Cl. The Morgan fingerprint density at radius 3 is 2.56 bits per heavy atom. The lowest BCUT2D eigenvalue weighted by Crippen LogP contribution is -2.34. The summed E-state index contributed by atoms with van der Waals surface area (Å²) in [5.74, 6) is 0.0684. The molecule has 2 rings (SSSR count). The summed E-state index contributed by atoms with van der Waals surface area (Å²) in [6.07, 6.45) is 0.975. The van der Waals surface area contributed by atoms with Gasteiger partial charge in [-0.15, -0.1) is 12.4 Å². The molecule has 0 bridgehead atoms. The maximum absolute atomic E-state index is 12.2. The fraction of sp³-hybridized carbons (Fsp3) is 0.462. The van der Waals surface area contributed by atoms with Gasteiger partial charge in [0.15, 0.2) is 0 Å². The molecular weight excluding hydrogens is 271 g/mol. The van der Waals surface area contributed by atoms with E-state index in [4.69, 9.17) is 17.3 Å². The van der Waals surface area contributed by atoms with Gasteiger partial charge in [0.05, 0.1) is 0 Å². The number of rotatable bonds is 2. The summed E-state index contributed by atoms with van der Waals surface area (Å²) < 4.78 is 0. The lowest BCUT2D eigenvalue weighted by Gasteiger charge is -2.22. The van der Waals surface area contributed by atoms with E-state index in [1.54, 1.807) is 24.3 Å². The predicted octanol–water partition coefficient (Wildman–Crippen LogP) is 2.57. The van der Waals surface area contributed by atoms with Crippen LogP contribution in [0.4, 0.5) is 0 Å². The van der Waals surface area contributed by atoms with Crippen LogP contribution in [-0.4, -0.2) is 30.4 Å². The molecule has 1 aromatic carbocycles. The number of carbonyl (C=O) groups is 1. The summed E-state index contributed by atoms with van der Waals surface area (Å²) in [6.45, 7) is 4.28. The predicted molar refractivity (Wildman–Crippen MR) is 76.4 cm³/mol.